The fourth-order valence-corrected chi connectivity index (χ4v) is 5.11. The molecule has 1 aromatic heterocycles. The van der Waals surface area contributed by atoms with Crippen LogP contribution in [-0.2, 0) is 25.3 Å². The number of amides is 1. The summed E-state index contributed by atoms with van der Waals surface area (Å²) < 4.78 is 2.94. The van der Waals surface area contributed by atoms with Crippen LogP contribution in [-0.4, -0.2) is 21.7 Å². The van der Waals surface area contributed by atoms with Crippen LogP contribution in [0.4, 0.5) is 0 Å². The summed E-state index contributed by atoms with van der Waals surface area (Å²) in [7, 11) is 1.90. The van der Waals surface area contributed by atoms with Gasteiger partial charge in [0, 0.05) is 29.4 Å². The molecule has 1 fully saturated rings. The average Bonchev–Trinajstić information content (AvgIpc) is 3.06. The van der Waals surface area contributed by atoms with Crippen molar-refractivity contribution in [2.75, 3.05) is 0 Å². The molecule has 0 aliphatic heterocycles. The minimum Gasteiger partial charge on any atom is -0.348 e. The molecule has 1 saturated carbocycles. The predicted octanol–water partition coefficient (Wildman–Crippen LogP) is 4.16. The molecule has 5 rings (SSSR count). The number of fused-ring (bicyclic) bond motifs is 2. The molecule has 2 unspecified atom stereocenters. The molecule has 2 atom stereocenters. The van der Waals surface area contributed by atoms with Crippen molar-refractivity contribution < 1.29 is 4.79 Å². The first-order valence-corrected chi connectivity index (χ1v) is 10.5. The highest BCUT2D eigenvalue weighted by Gasteiger charge is 2.58. The smallest absolute Gasteiger partial charge is 0.255 e. The van der Waals surface area contributed by atoms with Crippen LogP contribution in [0.25, 0.3) is 0 Å². The number of halogens is 1. The SMILES string of the molecule is Cn1ncc(C(=O)NC2CC23CCc2cc(Br)ccc23)c1Cc1ccccc1. The second-order valence-corrected chi connectivity index (χ2v) is 8.89. The number of nitrogens with one attached hydrogen (secondary N) is 1. The summed E-state index contributed by atoms with van der Waals surface area (Å²) in [5, 5.41) is 7.64. The van der Waals surface area contributed by atoms with E-state index in [1.807, 2.05) is 29.9 Å². The highest BCUT2D eigenvalue weighted by Crippen LogP contribution is 2.57. The average molecular weight is 436 g/mol. The van der Waals surface area contributed by atoms with Crippen LogP contribution in [0, 0.1) is 0 Å². The topological polar surface area (TPSA) is 46.9 Å². The van der Waals surface area contributed by atoms with E-state index in [2.05, 4.69) is 56.7 Å². The van der Waals surface area contributed by atoms with Gasteiger partial charge in [0.1, 0.15) is 0 Å². The van der Waals surface area contributed by atoms with E-state index >= 15 is 0 Å². The van der Waals surface area contributed by atoms with Crippen molar-refractivity contribution >= 4 is 21.8 Å². The lowest BCUT2D eigenvalue weighted by Gasteiger charge is -2.13. The molecule has 2 aromatic carbocycles. The lowest BCUT2D eigenvalue weighted by Crippen LogP contribution is -2.31. The van der Waals surface area contributed by atoms with Gasteiger partial charge in [-0.05, 0) is 48.1 Å². The molecular formula is C23H22BrN3O. The molecule has 5 heteroatoms. The third-order valence-corrected chi connectivity index (χ3v) is 6.84. The summed E-state index contributed by atoms with van der Waals surface area (Å²) in [6.07, 6.45) is 5.64. The van der Waals surface area contributed by atoms with Crippen molar-refractivity contribution in [3.63, 3.8) is 0 Å². The second-order valence-electron chi connectivity index (χ2n) is 7.98. The van der Waals surface area contributed by atoms with Gasteiger partial charge in [-0.1, -0.05) is 52.3 Å². The monoisotopic (exact) mass is 435 g/mol. The minimum absolute atomic E-state index is 0.00790. The summed E-state index contributed by atoms with van der Waals surface area (Å²) >= 11 is 3.57. The Morgan fingerprint density at radius 3 is 2.93 bits per heavy atom. The van der Waals surface area contributed by atoms with Gasteiger partial charge in [0.15, 0.2) is 0 Å². The number of carbonyl (C=O) groups is 1. The molecule has 28 heavy (non-hydrogen) atoms. The first kappa shape index (κ1) is 17.7. The quantitative estimate of drug-likeness (QED) is 0.668. The fourth-order valence-electron chi connectivity index (χ4n) is 4.70. The molecule has 0 radical (unpaired) electrons. The molecule has 1 heterocycles. The molecule has 3 aromatic rings. The number of carbonyl (C=O) groups excluding carboxylic acids is 1. The van der Waals surface area contributed by atoms with E-state index in [-0.39, 0.29) is 17.4 Å². The first-order valence-electron chi connectivity index (χ1n) is 9.71. The van der Waals surface area contributed by atoms with Gasteiger partial charge in [-0.15, -0.1) is 0 Å². The van der Waals surface area contributed by atoms with Crippen molar-refractivity contribution in [1.29, 1.82) is 0 Å². The van der Waals surface area contributed by atoms with Gasteiger partial charge in [0.05, 0.1) is 17.5 Å². The molecule has 1 N–H and O–H groups in total. The summed E-state index contributed by atoms with van der Waals surface area (Å²) in [5.74, 6) is -0.00790. The zero-order valence-corrected chi connectivity index (χ0v) is 17.4. The largest absolute Gasteiger partial charge is 0.348 e. The summed E-state index contributed by atoms with van der Waals surface area (Å²) in [5.41, 5.74) is 5.77. The number of nitrogens with zero attached hydrogens (tertiary/aromatic N) is 2. The van der Waals surface area contributed by atoms with Crippen LogP contribution in [0.1, 0.15) is 45.6 Å². The van der Waals surface area contributed by atoms with Gasteiger partial charge < -0.3 is 5.32 Å². The van der Waals surface area contributed by atoms with E-state index in [1.54, 1.807) is 6.20 Å². The number of aryl methyl sites for hydroxylation is 2. The maximum atomic E-state index is 13.1. The van der Waals surface area contributed by atoms with Gasteiger partial charge in [0.25, 0.3) is 5.91 Å². The Balaban J connectivity index is 1.35. The van der Waals surface area contributed by atoms with E-state index in [4.69, 9.17) is 0 Å². The van der Waals surface area contributed by atoms with Crippen LogP contribution in [0.2, 0.25) is 0 Å². The van der Waals surface area contributed by atoms with E-state index in [0.29, 0.717) is 12.0 Å². The van der Waals surface area contributed by atoms with E-state index < -0.39 is 0 Å². The molecule has 4 nitrogen and oxygen atoms in total. The molecule has 2 aliphatic carbocycles. The number of hydrogen-bond acceptors (Lipinski definition) is 2. The fraction of sp³-hybridized carbons (Fsp3) is 0.304. The van der Waals surface area contributed by atoms with Crippen LogP contribution < -0.4 is 5.32 Å². The molecule has 0 bridgehead atoms. The Kier molecular flexibility index (Phi) is 4.16. The molecule has 0 saturated heterocycles. The molecular weight excluding hydrogens is 414 g/mol. The van der Waals surface area contributed by atoms with Crippen molar-refractivity contribution in [3.8, 4) is 0 Å². The zero-order valence-electron chi connectivity index (χ0n) is 15.8. The third kappa shape index (κ3) is 2.89. The van der Waals surface area contributed by atoms with Crippen LogP contribution in [0.3, 0.4) is 0 Å². The van der Waals surface area contributed by atoms with Gasteiger partial charge in [-0.25, -0.2) is 0 Å². The number of aromatic nitrogens is 2. The van der Waals surface area contributed by atoms with Crippen molar-refractivity contribution in [1.82, 2.24) is 15.1 Å². The maximum absolute atomic E-state index is 13.1. The van der Waals surface area contributed by atoms with Crippen molar-refractivity contribution in [3.05, 3.63) is 87.1 Å². The second kappa shape index (κ2) is 6.59. The van der Waals surface area contributed by atoms with E-state index in [0.717, 1.165) is 29.4 Å². The van der Waals surface area contributed by atoms with E-state index in [1.165, 1.54) is 16.7 Å². The standard InChI is InChI=1S/C23H22BrN3O/c1-27-20(11-15-5-3-2-4-6-15)18(14-25-27)22(28)26-21-13-23(21)10-9-16-12-17(24)7-8-19(16)23/h2-8,12,14,21H,9-11,13H2,1H3,(H,26,28). The summed E-state index contributed by atoms with van der Waals surface area (Å²) in [4.78, 5) is 13.1. The van der Waals surface area contributed by atoms with Gasteiger partial charge in [0.2, 0.25) is 0 Å². The first-order chi connectivity index (χ1) is 13.6. The lowest BCUT2D eigenvalue weighted by atomic mass is 9.97. The van der Waals surface area contributed by atoms with Gasteiger partial charge in [-0.3, -0.25) is 9.48 Å². The highest BCUT2D eigenvalue weighted by atomic mass is 79.9. The maximum Gasteiger partial charge on any atom is 0.255 e. The summed E-state index contributed by atoms with van der Waals surface area (Å²) in [6.45, 7) is 0. The van der Waals surface area contributed by atoms with Gasteiger partial charge in [-0.2, -0.15) is 5.10 Å². The summed E-state index contributed by atoms with van der Waals surface area (Å²) in [6, 6.07) is 17.0. The van der Waals surface area contributed by atoms with E-state index in [9.17, 15) is 4.79 Å². The minimum atomic E-state index is -0.00790. The Morgan fingerprint density at radius 1 is 1.29 bits per heavy atom. The Hall–Kier alpha value is -2.40. The predicted molar refractivity (Wildman–Crippen MR) is 112 cm³/mol. The molecule has 1 spiro atoms. The van der Waals surface area contributed by atoms with Crippen LogP contribution in [0.5, 0.6) is 0 Å². The normalized spacial score (nSPS) is 22.3. The van der Waals surface area contributed by atoms with Crippen LogP contribution >= 0.6 is 15.9 Å². The number of benzene rings is 2. The number of rotatable bonds is 4. The molecule has 142 valence electrons. The van der Waals surface area contributed by atoms with Crippen LogP contribution in [0.15, 0.2) is 59.2 Å². The lowest BCUT2D eigenvalue weighted by molar-refractivity contribution is 0.0947. The third-order valence-electron chi connectivity index (χ3n) is 6.35. The molecule has 2 aliphatic rings. The molecule has 1 amide bonds. The zero-order chi connectivity index (χ0) is 19.3. The van der Waals surface area contributed by atoms with Crippen molar-refractivity contribution in [2.24, 2.45) is 7.05 Å². The Morgan fingerprint density at radius 2 is 2.11 bits per heavy atom. The van der Waals surface area contributed by atoms with Crippen molar-refractivity contribution in [2.45, 2.75) is 37.1 Å². The Labute approximate surface area is 173 Å². The van der Waals surface area contributed by atoms with Gasteiger partial charge >= 0.3 is 0 Å². The highest BCUT2D eigenvalue weighted by molar-refractivity contribution is 9.10. The number of hydrogen-bond donors (Lipinski definition) is 1. The Bertz CT molecular complexity index is 1060.